The number of methoxy groups -OCH3 is 1. The molecule has 9 heteroatoms. The van der Waals surface area contributed by atoms with Crippen molar-refractivity contribution in [2.45, 2.75) is 83.1 Å². The second-order valence-electron chi connectivity index (χ2n) is 9.47. The number of benzene rings is 1. The first-order valence-corrected chi connectivity index (χ1v) is 12.5. The van der Waals surface area contributed by atoms with Crippen LogP contribution in [0.2, 0.25) is 0 Å². The number of fused-ring (bicyclic) bond motifs is 1. The van der Waals surface area contributed by atoms with Crippen molar-refractivity contribution in [3.05, 3.63) is 46.0 Å². The fraction of sp³-hybridized carbons (Fsp3) is 0.600. The van der Waals surface area contributed by atoms with E-state index in [0.717, 1.165) is 66.8 Å². The minimum atomic E-state index is -0.0468. The maximum absolute atomic E-state index is 13.1. The molecule has 2 fully saturated rings. The minimum absolute atomic E-state index is 0.0277. The Morgan fingerprint density at radius 2 is 2.09 bits per heavy atom. The number of ether oxygens (including phenoxy) is 2. The molecule has 0 bridgehead atoms. The molecule has 0 radical (unpaired) electrons. The summed E-state index contributed by atoms with van der Waals surface area (Å²) in [6, 6.07) is 8.15. The molecule has 1 saturated heterocycles. The molecule has 3 heterocycles. The van der Waals surface area contributed by atoms with Crippen LogP contribution >= 0.6 is 0 Å². The lowest BCUT2D eigenvalue weighted by Gasteiger charge is -2.35. The molecular weight excluding hydrogens is 432 g/mol. The number of H-pyrrole nitrogens is 1. The van der Waals surface area contributed by atoms with Gasteiger partial charge in [-0.3, -0.25) is 9.69 Å². The fourth-order valence-corrected chi connectivity index (χ4v) is 5.53. The number of nitrogens with one attached hydrogen (secondary N) is 1. The summed E-state index contributed by atoms with van der Waals surface area (Å²) in [4.78, 5) is 18.6. The lowest BCUT2D eigenvalue weighted by Crippen LogP contribution is -2.39. The van der Waals surface area contributed by atoms with Crippen LogP contribution in [0, 0.1) is 0 Å². The number of rotatable bonds is 9. The third-order valence-corrected chi connectivity index (χ3v) is 7.32. The quantitative estimate of drug-likeness (QED) is 0.514. The van der Waals surface area contributed by atoms with Gasteiger partial charge in [0.25, 0.3) is 5.56 Å². The van der Waals surface area contributed by atoms with Gasteiger partial charge in [-0.25, -0.2) is 4.68 Å². The summed E-state index contributed by atoms with van der Waals surface area (Å²) >= 11 is 0. The van der Waals surface area contributed by atoms with E-state index >= 15 is 0 Å². The molecule has 1 aliphatic heterocycles. The Balaban J connectivity index is 1.48. The maximum atomic E-state index is 13.1. The Hall–Kier alpha value is -2.78. The Labute approximate surface area is 199 Å². The normalized spacial score (nSPS) is 19.9. The molecule has 1 N–H and O–H groups in total. The number of pyridine rings is 1. The topological polar surface area (TPSA) is 98.2 Å². The standard InChI is InChI=1S/C25H34N6O3/c1-3-23(24-27-28-29-31(24)16-21-9-6-12-34-21)30(19-7-4-5-8-19)15-18-13-17-14-20(33-2)10-11-22(17)26-25(18)32/h10-11,13-14,19,21,23H,3-9,12,15-16H2,1-2H3,(H,26,32)/t21-,23-/m1/s1. The Morgan fingerprint density at radius 1 is 1.24 bits per heavy atom. The summed E-state index contributed by atoms with van der Waals surface area (Å²) in [5.41, 5.74) is 1.52. The Kier molecular flexibility index (Phi) is 6.92. The molecule has 1 saturated carbocycles. The zero-order valence-corrected chi connectivity index (χ0v) is 20.1. The van der Waals surface area contributed by atoms with Crippen molar-refractivity contribution >= 4 is 10.9 Å². The van der Waals surface area contributed by atoms with Crippen LogP contribution in [0.4, 0.5) is 0 Å². The summed E-state index contributed by atoms with van der Waals surface area (Å²) < 4.78 is 13.1. The third-order valence-electron chi connectivity index (χ3n) is 7.32. The van der Waals surface area contributed by atoms with E-state index in [2.05, 4.69) is 32.3 Å². The van der Waals surface area contributed by atoms with Crippen LogP contribution in [-0.4, -0.2) is 56.0 Å². The van der Waals surface area contributed by atoms with Crippen LogP contribution in [0.25, 0.3) is 10.9 Å². The SMILES string of the molecule is CC[C@H](c1nnnn1C[C@H]1CCCO1)N(Cc1cc2cc(OC)ccc2[nH]c1=O)C1CCCC1. The van der Waals surface area contributed by atoms with Gasteiger partial charge in [0.2, 0.25) is 0 Å². The molecule has 9 nitrogen and oxygen atoms in total. The molecule has 0 unspecified atom stereocenters. The van der Waals surface area contributed by atoms with Crippen LogP contribution in [0.1, 0.15) is 69.3 Å². The summed E-state index contributed by atoms with van der Waals surface area (Å²) in [7, 11) is 1.65. The van der Waals surface area contributed by atoms with Gasteiger partial charge in [0.05, 0.1) is 25.8 Å². The fourth-order valence-electron chi connectivity index (χ4n) is 5.53. The van der Waals surface area contributed by atoms with E-state index in [1.807, 2.05) is 28.9 Å². The highest BCUT2D eigenvalue weighted by molar-refractivity contribution is 5.80. The second-order valence-corrected chi connectivity index (χ2v) is 9.47. The first-order valence-electron chi connectivity index (χ1n) is 12.5. The molecule has 34 heavy (non-hydrogen) atoms. The molecule has 2 aliphatic rings. The number of hydrogen-bond donors (Lipinski definition) is 1. The number of hydrogen-bond acceptors (Lipinski definition) is 7. The van der Waals surface area contributed by atoms with Gasteiger partial charge in [-0.05, 0) is 66.8 Å². The molecule has 0 amide bonds. The van der Waals surface area contributed by atoms with Gasteiger partial charge in [0.1, 0.15) is 5.75 Å². The number of tetrazole rings is 1. The van der Waals surface area contributed by atoms with E-state index < -0.39 is 0 Å². The van der Waals surface area contributed by atoms with E-state index in [-0.39, 0.29) is 17.7 Å². The lowest BCUT2D eigenvalue weighted by molar-refractivity contribution is 0.0839. The zero-order chi connectivity index (χ0) is 23.5. The predicted octanol–water partition coefficient (Wildman–Crippen LogP) is 3.60. The van der Waals surface area contributed by atoms with Gasteiger partial charge >= 0.3 is 0 Å². The summed E-state index contributed by atoms with van der Waals surface area (Å²) in [6.07, 6.45) is 7.83. The first-order chi connectivity index (χ1) is 16.7. The van der Waals surface area contributed by atoms with E-state index in [9.17, 15) is 4.79 Å². The van der Waals surface area contributed by atoms with Crippen LogP contribution < -0.4 is 10.3 Å². The van der Waals surface area contributed by atoms with Crippen molar-refractivity contribution in [2.24, 2.45) is 0 Å². The second kappa shape index (κ2) is 10.2. The van der Waals surface area contributed by atoms with Gasteiger partial charge in [-0.15, -0.1) is 5.10 Å². The number of aromatic nitrogens is 5. The minimum Gasteiger partial charge on any atom is -0.497 e. The number of aromatic amines is 1. The van der Waals surface area contributed by atoms with Crippen LogP contribution in [0.5, 0.6) is 5.75 Å². The largest absolute Gasteiger partial charge is 0.497 e. The van der Waals surface area contributed by atoms with E-state index in [1.54, 1.807) is 7.11 Å². The molecular formula is C25H34N6O3. The van der Waals surface area contributed by atoms with Crippen molar-refractivity contribution in [1.29, 1.82) is 0 Å². The van der Waals surface area contributed by atoms with Gasteiger partial charge in [-0.1, -0.05) is 19.8 Å². The molecule has 5 rings (SSSR count). The Morgan fingerprint density at radius 3 is 2.82 bits per heavy atom. The van der Waals surface area contributed by atoms with Gasteiger partial charge in [-0.2, -0.15) is 0 Å². The predicted molar refractivity (Wildman–Crippen MR) is 129 cm³/mol. The highest BCUT2D eigenvalue weighted by Crippen LogP contribution is 2.34. The average molecular weight is 467 g/mol. The van der Waals surface area contributed by atoms with Crippen LogP contribution in [0.3, 0.4) is 0 Å². The summed E-state index contributed by atoms with van der Waals surface area (Å²) in [6.45, 7) is 4.21. The Bertz CT molecular complexity index is 1160. The highest BCUT2D eigenvalue weighted by atomic mass is 16.5. The van der Waals surface area contributed by atoms with Crippen molar-refractivity contribution in [2.75, 3.05) is 13.7 Å². The highest BCUT2D eigenvalue weighted by Gasteiger charge is 2.33. The molecule has 1 aliphatic carbocycles. The van der Waals surface area contributed by atoms with Crippen LogP contribution in [0.15, 0.2) is 29.1 Å². The van der Waals surface area contributed by atoms with Crippen molar-refractivity contribution in [3.63, 3.8) is 0 Å². The summed E-state index contributed by atoms with van der Waals surface area (Å²) in [5.74, 6) is 1.64. The molecule has 3 aromatic rings. The lowest BCUT2D eigenvalue weighted by atomic mass is 10.0. The molecule has 1 aromatic carbocycles. The van der Waals surface area contributed by atoms with Gasteiger partial charge in [0, 0.05) is 35.7 Å². The molecule has 0 spiro atoms. The smallest absolute Gasteiger partial charge is 0.252 e. The monoisotopic (exact) mass is 466 g/mol. The molecule has 182 valence electrons. The molecule has 2 aromatic heterocycles. The van der Waals surface area contributed by atoms with E-state index in [4.69, 9.17) is 9.47 Å². The van der Waals surface area contributed by atoms with Crippen molar-refractivity contribution in [3.8, 4) is 5.75 Å². The summed E-state index contributed by atoms with van der Waals surface area (Å²) in [5, 5.41) is 13.8. The number of nitrogens with zero attached hydrogens (tertiary/aromatic N) is 5. The third kappa shape index (κ3) is 4.72. The van der Waals surface area contributed by atoms with Crippen molar-refractivity contribution in [1.82, 2.24) is 30.1 Å². The molecule has 2 atom stereocenters. The average Bonchev–Trinajstić information content (AvgIpc) is 3.63. The maximum Gasteiger partial charge on any atom is 0.252 e. The first kappa shape index (κ1) is 23.0. The van der Waals surface area contributed by atoms with E-state index in [0.29, 0.717) is 19.1 Å². The zero-order valence-electron chi connectivity index (χ0n) is 20.1. The van der Waals surface area contributed by atoms with Gasteiger partial charge < -0.3 is 14.5 Å². The van der Waals surface area contributed by atoms with Crippen molar-refractivity contribution < 1.29 is 9.47 Å². The van der Waals surface area contributed by atoms with Crippen LogP contribution in [-0.2, 0) is 17.8 Å². The van der Waals surface area contributed by atoms with Gasteiger partial charge in [0.15, 0.2) is 5.82 Å². The van der Waals surface area contributed by atoms with E-state index in [1.165, 1.54) is 12.8 Å².